The summed E-state index contributed by atoms with van der Waals surface area (Å²) in [6.07, 6.45) is 6.66. The fourth-order valence-electron chi connectivity index (χ4n) is 2.43. The Hall–Kier alpha value is -3.03. The van der Waals surface area contributed by atoms with Crippen LogP contribution in [0, 0.1) is 6.92 Å². The average molecular weight is 325 g/mol. The molecular formula is C16H19N7O. The molecule has 3 heterocycles. The van der Waals surface area contributed by atoms with Crippen molar-refractivity contribution < 1.29 is 4.79 Å². The Morgan fingerprint density at radius 1 is 1.25 bits per heavy atom. The van der Waals surface area contributed by atoms with Gasteiger partial charge in [0.1, 0.15) is 23.7 Å². The molecule has 0 aromatic carbocycles. The normalized spacial score (nSPS) is 11.0. The van der Waals surface area contributed by atoms with Crippen LogP contribution in [0.5, 0.6) is 0 Å². The minimum absolute atomic E-state index is 0.185. The smallest absolute Gasteiger partial charge is 0.270 e. The molecule has 0 saturated heterocycles. The first kappa shape index (κ1) is 15.9. The zero-order valence-corrected chi connectivity index (χ0v) is 13.8. The van der Waals surface area contributed by atoms with E-state index < -0.39 is 0 Å². The number of hydrogen-bond donors (Lipinski definition) is 1. The molecule has 0 radical (unpaired) electrons. The van der Waals surface area contributed by atoms with Gasteiger partial charge in [0, 0.05) is 24.6 Å². The third kappa shape index (κ3) is 3.17. The van der Waals surface area contributed by atoms with Crippen molar-refractivity contribution in [2.75, 3.05) is 0 Å². The highest BCUT2D eigenvalue weighted by Gasteiger charge is 2.12. The Labute approximate surface area is 139 Å². The van der Waals surface area contributed by atoms with Crippen molar-refractivity contribution in [3.05, 3.63) is 54.4 Å². The first-order valence-electron chi connectivity index (χ1n) is 7.69. The van der Waals surface area contributed by atoms with E-state index in [9.17, 15) is 4.79 Å². The van der Waals surface area contributed by atoms with Gasteiger partial charge in [-0.05, 0) is 32.9 Å². The summed E-state index contributed by atoms with van der Waals surface area (Å²) in [6.45, 7) is 6.23. The molecular weight excluding hydrogens is 306 g/mol. The fourth-order valence-corrected chi connectivity index (χ4v) is 2.43. The maximum atomic E-state index is 12.4. The summed E-state index contributed by atoms with van der Waals surface area (Å²) in [5, 5.41) is 6.99. The van der Waals surface area contributed by atoms with Gasteiger partial charge in [0.15, 0.2) is 0 Å². The van der Waals surface area contributed by atoms with Gasteiger partial charge in [0.05, 0.1) is 12.2 Å². The van der Waals surface area contributed by atoms with Crippen LogP contribution in [-0.4, -0.2) is 35.2 Å². The zero-order chi connectivity index (χ0) is 17.1. The van der Waals surface area contributed by atoms with Crippen molar-refractivity contribution in [3.8, 4) is 5.69 Å². The van der Waals surface area contributed by atoms with Gasteiger partial charge in [0.25, 0.3) is 5.91 Å². The molecule has 0 spiro atoms. The summed E-state index contributed by atoms with van der Waals surface area (Å²) in [7, 11) is 0. The number of imidazole rings is 1. The van der Waals surface area contributed by atoms with Crippen molar-refractivity contribution in [2.24, 2.45) is 0 Å². The van der Waals surface area contributed by atoms with E-state index in [4.69, 9.17) is 0 Å². The van der Waals surface area contributed by atoms with Crippen LogP contribution < -0.4 is 5.32 Å². The molecule has 0 bridgehead atoms. The number of nitrogens with zero attached hydrogens (tertiary/aromatic N) is 6. The Balaban J connectivity index is 1.74. The topological polar surface area (TPSA) is 90.5 Å². The van der Waals surface area contributed by atoms with Crippen LogP contribution in [0.4, 0.5) is 0 Å². The van der Waals surface area contributed by atoms with Crippen LogP contribution >= 0.6 is 0 Å². The summed E-state index contributed by atoms with van der Waals surface area (Å²) in [6, 6.07) is 3.75. The lowest BCUT2D eigenvalue weighted by Crippen LogP contribution is -2.26. The lowest BCUT2D eigenvalue weighted by Gasteiger charge is -2.10. The molecule has 24 heavy (non-hydrogen) atoms. The second-order valence-corrected chi connectivity index (χ2v) is 5.64. The van der Waals surface area contributed by atoms with Crippen LogP contribution in [0.25, 0.3) is 5.69 Å². The van der Waals surface area contributed by atoms with E-state index in [0.29, 0.717) is 18.1 Å². The highest BCUT2D eigenvalue weighted by molar-refractivity contribution is 5.92. The monoisotopic (exact) mass is 325 g/mol. The van der Waals surface area contributed by atoms with Gasteiger partial charge in [-0.15, -0.1) is 0 Å². The summed E-state index contributed by atoms with van der Waals surface area (Å²) in [4.78, 5) is 24.9. The van der Waals surface area contributed by atoms with Crippen molar-refractivity contribution in [1.82, 2.24) is 34.6 Å². The highest BCUT2D eigenvalue weighted by Crippen LogP contribution is 2.11. The van der Waals surface area contributed by atoms with Gasteiger partial charge in [-0.3, -0.25) is 9.78 Å². The quantitative estimate of drug-likeness (QED) is 0.770. The SMILES string of the molecule is Cc1nccn1-c1ccnc(C(=O)NCc2ncnn2C(C)C)c1. The van der Waals surface area contributed by atoms with E-state index in [1.165, 1.54) is 6.33 Å². The Morgan fingerprint density at radius 2 is 2.08 bits per heavy atom. The van der Waals surface area contributed by atoms with Crippen LogP contribution in [0.2, 0.25) is 0 Å². The Bertz CT molecular complexity index is 849. The molecule has 8 heteroatoms. The van der Waals surface area contributed by atoms with Gasteiger partial charge in [-0.25, -0.2) is 14.6 Å². The van der Waals surface area contributed by atoms with Gasteiger partial charge < -0.3 is 9.88 Å². The second kappa shape index (κ2) is 6.61. The molecule has 0 aliphatic carbocycles. The molecule has 0 atom stereocenters. The minimum atomic E-state index is -0.257. The molecule has 0 saturated carbocycles. The number of aryl methyl sites for hydroxylation is 1. The van der Waals surface area contributed by atoms with Crippen LogP contribution in [0.15, 0.2) is 37.1 Å². The van der Waals surface area contributed by atoms with Crippen LogP contribution in [-0.2, 0) is 6.54 Å². The molecule has 0 unspecified atom stereocenters. The fraction of sp³-hybridized carbons (Fsp3) is 0.312. The first-order valence-corrected chi connectivity index (χ1v) is 7.69. The van der Waals surface area contributed by atoms with Gasteiger partial charge in [0.2, 0.25) is 0 Å². The number of rotatable bonds is 5. The molecule has 0 aliphatic rings. The number of amides is 1. The number of nitrogens with one attached hydrogen (secondary N) is 1. The van der Waals surface area contributed by atoms with E-state index in [1.807, 2.05) is 37.6 Å². The van der Waals surface area contributed by atoms with E-state index in [2.05, 4.69) is 25.4 Å². The average Bonchev–Trinajstić information content (AvgIpc) is 3.21. The molecule has 3 aromatic heterocycles. The van der Waals surface area contributed by atoms with E-state index in [1.54, 1.807) is 23.1 Å². The molecule has 8 nitrogen and oxygen atoms in total. The third-order valence-electron chi connectivity index (χ3n) is 3.62. The maximum Gasteiger partial charge on any atom is 0.270 e. The molecule has 0 fully saturated rings. The third-order valence-corrected chi connectivity index (χ3v) is 3.62. The maximum absolute atomic E-state index is 12.4. The van der Waals surface area contributed by atoms with E-state index in [-0.39, 0.29) is 11.9 Å². The van der Waals surface area contributed by atoms with Crippen LogP contribution in [0.3, 0.4) is 0 Å². The number of carbonyl (C=O) groups is 1. The van der Waals surface area contributed by atoms with Gasteiger partial charge in [-0.1, -0.05) is 0 Å². The number of aromatic nitrogens is 6. The lowest BCUT2D eigenvalue weighted by molar-refractivity contribution is 0.0944. The van der Waals surface area contributed by atoms with Crippen molar-refractivity contribution in [3.63, 3.8) is 0 Å². The zero-order valence-electron chi connectivity index (χ0n) is 13.8. The largest absolute Gasteiger partial charge is 0.343 e. The number of carbonyl (C=O) groups excluding carboxylic acids is 1. The lowest BCUT2D eigenvalue weighted by atomic mass is 10.3. The molecule has 1 N–H and O–H groups in total. The van der Waals surface area contributed by atoms with Crippen LogP contribution in [0.1, 0.15) is 42.0 Å². The molecule has 1 amide bonds. The highest BCUT2D eigenvalue weighted by atomic mass is 16.1. The van der Waals surface area contributed by atoms with Gasteiger partial charge in [-0.2, -0.15) is 5.10 Å². The van der Waals surface area contributed by atoms with Crippen molar-refractivity contribution in [1.29, 1.82) is 0 Å². The van der Waals surface area contributed by atoms with E-state index >= 15 is 0 Å². The predicted molar refractivity (Wildman–Crippen MR) is 87.7 cm³/mol. The summed E-state index contributed by atoms with van der Waals surface area (Å²) < 4.78 is 3.67. The molecule has 3 aromatic rings. The molecule has 3 rings (SSSR count). The molecule has 0 aliphatic heterocycles. The van der Waals surface area contributed by atoms with Crippen molar-refractivity contribution >= 4 is 5.91 Å². The minimum Gasteiger partial charge on any atom is -0.343 e. The second-order valence-electron chi connectivity index (χ2n) is 5.64. The summed E-state index contributed by atoms with van der Waals surface area (Å²) >= 11 is 0. The summed E-state index contributed by atoms with van der Waals surface area (Å²) in [5.74, 6) is 1.30. The Kier molecular flexibility index (Phi) is 4.37. The Morgan fingerprint density at radius 3 is 2.79 bits per heavy atom. The standard InChI is InChI=1S/C16H19N7O/c1-11(2)23-15(20-10-21-23)9-19-16(24)14-8-13(4-5-18-14)22-7-6-17-12(22)3/h4-8,10-11H,9H2,1-3H3,(H,19,24). The molecule has 124 valence electrons. The first-order chi connectivity index (χ1) is 11.6. The predicted octanol–water partition coefficient (Wildman–Crippen LogP) is 1.68. The number of pyridine rings is 1. The van der Waals surface area contributed by atoms with Crippen molar-refractivity contribution in [2.45, 2.75) is 33.4 Å². The summed E-state index contributed by atoms with van der Waals surface area (Å²) in [5.41, 5.74) is 1.19. The van der Waals surface area contributed by atoms with Gasteiger partial charge >= 0.3 is 0 Å². The number of hydrogen-bond acceptors (Lipinski definition) is 5. The van der Waals surface area contributed by atoms with E-state index in [0.717, 1.165) is 11.5 Å².